The Labute approximate surface area is 81.1 Å². The van der Waals surface area contributed by atoms with Crippen LogP contribution in [0.1, 0.15) is 19.8 Å². The average molecular weight is 273 g/mol. The van der Waals surface area contributed by atoms with Crippen molar-refractivity contribution >= 4 is 22.6 Å². The van der Waals surface area contributed by atoms with Gasteiger partial charge in [0, 0.05) is 12.6 Å². The standard InChI is InChI=1S/C7H16INO2/c1-5(4-10)2-3-6(9)7(8)11/h5-7,10-11H,2-4,9H2,1H3/t5-,6?,7?/m1/s1. The summed E-state index contributed by atoms with van der Waals surface area (Å²) in [5, 5.41) is 17.7. The molecule has 0 radical (unpaired) electrons. The Morgan fingerprint density at radius 2 is 2.00 bits per heavy atom. The van der Waals surface area contributed by atoms with Crippen LogP contribution in [-0.2, 0) is 0 Å². The van der Waals surface area contributed by atoms with Crippen LogP contribution < -0.4 is 5.73 Å². The molecule has 3 atom stereocenters. The molecule has 0 heterocycles. The minimum atomic E-state index is -0.474. The van der Waals surface area contributed by atoms with E-state index in [0.29, 0.717) is 0 Å². The predicted octanol–water partition coefficient (Wildman–Crippen LogP) is 0.476. The second-order valence-electron chi connectivity index (χ2n) is 2.90. The second kappa shape index (κ2) is 6.16. The number of halogens is 1. The zero-order chi connectivity index (χ0) is 8.85. The van der Waals surface area contributed by atoms with Crippen LogP contribution in [0.2, 0.25) is 0 Å². The molecule has 0 amide bonds. The Hall–Kier alpha value is 0.610. The van der Waals surface area contributed by atoms with Gasteiger partial charge in [-0.2, -0.15) is 0 Å². The topological polar surface area (TPSA) is 66.5 Å². The molecule has 0 saturated heterocycles. The first-order chi connectivity index (χ1) is 5.07. The summed E-state index contributed by atoms with van der Waals surface area (Å²) >= 11 is 1.90. The zero-order valence-electron chi connectivity index (χ0n) is 6.70. The maximum Gasteiger partial charge on any atom is 0.120 e. The highest BCUT2D eigenvalue weighted by Crippen LogP contribution is 2.10. The number of aliphatic hydroxyl groups is 2. The molecule has 0 aliphatic carbocycles. The highest BCUT2D eigenvalue weighted by molar-refractivity contribution is 14.1. The number of hydrogen-bond acceptors (Lipinski definition) is 3. The molecule has 2 unspecified atom stereocenters. The molecule has 68 valence electrons. The van der Waals surface area contributed by atoms with Gasteiger partial charge < -0.3 is 15.9 Å². The van der Waals surface area contributed by atoms with E-state index in [1.54, 1.807) is 0 Å². The number of aliphatic hydroxyl groups excluding tert-OH is 2. The third-order valence-corrected chi connectivity index (χ3v) is 2.58. The van der Waals surface area contributed by atoms with Crippen LogP contribution in [0.15, 0.2) is 0 Å². The Morgan fingerprint density at radius 1 is 1.45 bits per heavy atom. The van der Waals surface area contributed by atoms with E-state index in [1.165, 1.54) is 0 Å². The zero-order valence-corrected chi connectivity index (χ0v) is 8.86. The van der Waals surface area contributed by atoms with E-state index in [-0.39, 0.29) is 18.6 Å². The minimum absolute atomic E-state index is 0.162. The SMILES string of the molecule is C[C@@H](CO)CCC(N)C(O)I. The number of rotatable bonds is 5. The fraction of sp³-hybridized carbons (Fsp3) is 1.00. The van der Waals surface area contributed by atoms with Crippen LogP contribution in [-0.4, -0.2) is 27.0 Å². The first kappa shape index (κ1) is 11.6. The Bertz CT molecular complexity index is 100. The van der Waals surface area contributed by atoms with Gasteiger partial charge in [-0.15, -0.1) is 0 Å². The van der Waals surface area contributed by atoms with Gasteiger partial charge in [0.2, 0.25) is 0 Å². The molecule has 4 heteroatoms. The van der Waals surface area contributed by atoms with Crippen molar-refractivity contribution in [2.45, 2.75) is 29.9 Å². The lowest BCUT2D eigenvalue weighted by molar-refractivity contribution is 0.206. The van der Waals surface area contributed by atoms with E-state index in [4.69, 9.17) is 15.9 Å². The van der Waals surface area contributed by atoms with Crippen LogP contribution in [0.3, 0.4) is 0 Å². The fourth-order valence-corrected chi connectivity index (χ4v) is 1.07. The summed E-state index contributed by atoms with van der Waals surface area (Å²) in [7, 11) is 0. The largest absolute Gasteiger partial charge is 0.396 e. The monoisotopic (exact) mass is 273 g/mol. The maximum absolute atomic E-state index is 9.01. The van der Waals surface area contributed by atoms with Crippen molar-refractivity contribution in [1.82, 2.24) is 0 Å². The summed E-state index contributed by atoms with van der Waals surface area (Å²) < 4.78 is -0.474. The van der Waals surface area contributed by atoms with Gasteiger partial charge in [0.15, 0.2) is 0 Å². The molecule has 0 fully saturated rings. The fourth-order valence-electron chi connectivity index (χ4n) is 0.706. The second-order valence-corrected chi connectivity index (χ2v) is 4.18. The molecule has 0 spiro atoms. The average Bonchev–Trinajstić information content (AvgIpc) is 1.99. The maximum atomic E-state index is 9.01. The molecule has 0 saturated carbocycles. The molecule has 0 rings (SSSR count). The van der Waals surface area contributed by atoms with Gasteiger partial charge in [0.25, 0.3) is 0 Å². The normalized spacial score (nSPS) is 19.4. The van der Waals surface area contributed by atoms with Gasteiger partial charge in [-0.1, -0.05) is 6.92 Å². The summed E-state index contributed by atoms with van der Waals surface area (Å²) in [4.78, 5) is 0. The molecule has 0 aromatic heterocycles. The van der Waals surface area contributed by atoms with Crippen molar-refractivity contribution in [2.24, 2.45) is 11.7 Å². The van der Waals surface area contributed by atoms with E-state index in [2.05, 4.69) is 0 Å². The number of alkyl halides is 1. The number of nitrogens with two attached hydrogens (primary N) is 1. The van der Waals surface area contributed by atoms with Gasteiger partial charge in [-0.25, -0.2) is 0 Å². The van der Waals surface area contributed by atoms with Crippen molar-refractivity contribution in [3.63, 3.8) is 0 Å². The molecule has 11 heavy (non-hydrogen) atoms. The molecule has 0 bridgehead atoms. The molecule has 0 aliphatic rings. The lowest BCUT2D eigenvalue weighted by Crippen LogP contribution is -2.30. The smallest absolute Gasteiger partial charge is 0.120 e. The molecule has 0 aliphatic heterocycles. The van der Waals surface area contributed by atoms with Crippen LogP contribution in [0.5, 0.6) is 0 Å². The van der Waals surface area contributed by atoms with Crippen LogP contribution in [0, 0.1) is 5.92 Å². The van der Waals surface area contributed by atoms with Gasteiger partial charge in [-0.05, 0) is 41.4 Å². The van der Waals surface area contributed by atoms with Crippen LogP contribution in [0.4, 0.5) is 0 Å². The first-order valence-electron chi connectivity index (χ1n) is 3.76. The Balaban J connectivity index is 3.37. The van der Waals surface area contributed by atoms with E-state index in [0.717, 1.165) is 12.8 Å². The lowest BCUT2D eigenvalue weighted by Gasteiger charge is -2.14. The first-order valence-corrected chi connectivity index (χ1v) is 5.01. The van der Waals surface area contributed by atoms with Crippen molar-refractivity contribution < 1.29 is 10.2 Å². The lowest BCUT2D eigenvalue weighted by atomic mass is 10.0. The van der Waals surface area contributed by atoms with Gasteiger partial charge in [0.05, 0.1) is 0 Å². The van der Waals surface area contributed by atoms with Crippen molar-refractivity contribution in [3.05, 3.63) is 0 Å². The molecular formula is C7H16INO2. The quantitative estimate of drug-likeness (QED) is 0.504. The predicted molar refractivity (Wildman–Crippen MR) is 53.5 cm³/mol. The van der Waals surface area contributed by atoms with Crippen LogP contribution >= 0.6 is 22.6 Å². The highest BCUT2D eigenvalue weighted by Gasteiger charge is 2.11. The third-order valence-electron chi connectivity index (χ3n) is 1.66. The number of hydrogen-bond donors (Lipinski definition) is 3. The third kappa shape index (κ3) is 5.84. The molecule has 0 aromatic carbocycles. The van der Waals surface area contributed by atoms with E-state index in [9.17, 15) is 0 Å². The van der Waals surface area contributed by atoms with E-state index >= 15 is 0 Å². The van der Waals surface area contributed by atoms with Crippen molar-refractivity contribution in [3.8, 4) is 0 Å². The highest BCUT2D eigenvalue weighted by atomic mass is 127. The van der Waals surface area contributed by atoms with Gasteiger partial charge >= 0.3 is 0 Å². The van der Waals surface area contributed by atoms with Crippen molar-refractivity contribution in [1.29, 1.82) is 0 Å². The summed E-state index contributed by atoms with van der Waals surface area (Å²) in [5.74, 6) is 0.288. The molecule has 3 nitrogen and oxygen atoms in total. The van der Waals surface area contributed by atoms with E-state index in [1.807, 2.05) is 29.5 Å². The van der Waals surface area contributed by atoms with E-state index < -0.39 is 4.11 Å². The van der Waals surface area contributed by atoms with Crippen LogP contribution in [0.25, 0.3) is 0 Å². The molecular weight excluding hydrogens is 257 g/mol. The Morgan fingerprint density at radius 3 is 2.36 bits per heavy atom. The Kier molecular flexibility index (Phi) is 6.50. The summed E-state index contributed by atoms with van der Waals surface area (Å²) in [5.41, 5.74) is 5.58. The van der Waals surface area contributed by atoms with Gasteiger partial charge in [-0.3, -0.25) is 0 Å². The van der Waals surface area contributed by atoms with Crippen molar-refractivity contribution in [2.75, 3.05) is 6.61 Å². The van der Waals surface area contributed by atoms with Gasteiger partial charge in [0.1, 0.15) is 4.11 Å². The molecule has 4 N–H and O–H groups in total. The summed E-state index contributed by atoms with van der Waals surface area (Å²) in [6.45, 7) is 2.16. The molecule has 0 aromatic rings. The summed E-state index contributed by atoms with van der Waals surface area (Å²) in [6, 6.07) is -0.162. The summed E-state index contributed by atoms with van der Waals surface area (Å²) in [6.07, 6.45) is 1.64. The minimum Gasteiger partial charge on any atom is -0.396 e.